The first-order chi connectivity index (χ1) is 8.18. The molecule has 0 aliphatic heterocycles. The Balaban J connectivity index is 1.88. The maximum atomic E-state index is 10.3. The van der Waals surface area contributed by atoms with Crippen molar-refractivity contribution in [1.82, 2.24) is 5.32 Å². The van der Waals surface area contributed by atoms with Crippen LogP contribution in [0.2, 0.25) is 0 Å². The molecule has 2 atom stereocenters. The number of hydrogen-bond acceptors (Lipinski definition) is 2. The maximum Gasteiger partial charge on any atom is 0.303 e. The van der Waals surface area contributed by atoms with Gasteiger partial charge in [-0.05, 0) is 50.6 Å². The quantitative estimate of drug-likeness (QED) is 0.642. The van der Waals surface area contributed by atoms with Gasteiger partial charge in [-0.3, -0.25) is 4.79 Å². The van der Waals surface area contributed by atoms with Gasteiger partial charge in [-0.25, -0.2) is 0 Å². The molecule has 2 unspecified atom stereocenters. The third-order valence-electron chi connectivity index (χ3n) is 3.77. The van der Waals surface area contributed by atoms with Crippen molar-refractivity contribution in [1.29, 1.82) is 0 Å². The Morgan fingerprint density at radius 3 is 2.82 bits per heavy atom. The van der Waals surface area contributed by atoms with E-state index in [2.05, 4.69) is 12.2 Å². The lowest BCUT2D eigenvalue weighted by molar-refractivity contribution is -0.137. The smallest absolute Gasteiger partial charge is 0.303 e. The highest BCUT2D eigenvalue weighted by Gasteiger charge is 2.17. The summed E-state index contributed by atoms with van der Waals surface area (Å²) in [6.45, 7) is 4.44. The second-order valence-electron chi connectivity index (χ2n) is 5.53. The summed E-state index contributed by atoms with van der Waals surface area (Å²) < 4.78 is 0. The minimum atomic E-state index is -0.679. The van der Waals surface area contributed by atoms with Crippen molar-refractivity contribution >= 4 is 5.97 Å². The highest BCUT2D eigenvalue weighted by Crippen LogP contribution is 2.30. The van der Waals surface area contributed by atoms with E-state index in [4.69, 9.17) is 5.11 Å². The Labute approximate surface area is 105 Å². The molecular formula is C14H27NO2. The Hall–Kier alpha value is -0.570. The average Bonchev–Trinajstić information content (AvgIpc) is 2.27. The normalized spacial score (nSPS) is 24.8. The first kappa shape index (κ1) is 14.5. The summed E-state index contributed by atoms with van der Waals surface area (Å²) in [6.07, 6.45) is 9.01. The molecule has 0 spiro atoms. The second-order valence-corrected chi connectivity index (χ2v) is 5.53. The zero-order valence-electron chi connectivity index (χ0n) is 11.1. The Morgan fingerprint density at radius 2 is 2.12 bits per heavy atom. The van der Waals surface area contributed by atoms with Gasteiger partial charge in [0.15, 0.2) is 0 Å². The Bertz CT molecular complexity index is 218. The van der Waals surface area contributed by atoms with E-state index in [0.29, 0.717) is 6.42 Å². The molecule has 1 saturated carbocycles. The van der Waals surface area contributed by atoms with Crippen LogP contribution in [0.1, 0.15) is 58.3 Å². The van der Waals surface area contributed by atoms with E-state index in [1.807, 2.05) is 0 Å². The highest BCUT2D eigenvalue weighted by molar-refractivity contribution is 5.66. The average molecular weight is 241 g/mol. The molecular weight excluding hydrogens is 214 g/mol. The molecule has 2 N–H and O–H groups in total. The SMILES string of the molecule is CC1CCCC(CCNCCCCC(=O)O)C1. The molecule has 100 valence electrons. The second kappa shape index (κ2) is 8.51. The number of aliphatic carboxylic acids is 1. The number of carboxylic acids is 1. The lowest BCUT2D eigenvalue weighted by atomic mass is 9.81. The van der Waals surface area contributed by atoms with Crippen LogP contribution in [0.4, 0.5) is 0 Å². The number of nitrogens with one attached hydrogen (secondary N) is 1. The molecule has 1 fully saturated rings. The molecule has 1 aliphatic rings. The van der Waals surface area contributed by atoms with Crippen molar-refractivity contribution in [3.05, 3.63) is 0 Å². The van der Waals surface area contributed by atoms with Crippen LogP contribution < -0.4 is 5.32 Å². The van der Waals surface area contributed by atoms with Crippen molar-refractivity contribution in [2.24, 2.45) is 11.8 Å². The predicted molar refractivity (Wildman–Crippen MR) is 70.1 cm³/mol. The van der Waals surface area contributed by atoms with Gasteiger partial charge in [0, 0.05) is 6.42 Å². The molecule has 3 nitrogen and oxygen atoms in total. The molecule has 0 amide bonds. The van der Waals surface area contributed by atoms with Crippen LogP contribution in [-0.4, -0.2) is 24.2 Å². The summed E-state index contributed by atoms with van der Waals surface area (Å²) in [4.78, 5) is 10.3. The zero-order chi connectivity index (χ0) is 12.5. The Kier molecular flexibility index (Phi) is 7.25. The van der Waals surface area contributed by atoms with Gasteiger partial charge in [-0.1, -0.05) is 26.2 Å². The minimum Gasteiger partial charge on any atom is -0.481 e. The molecule has 0 bridgehead atoms. The van der Waals surface area contributed by atoms with Gasteiger partial charge in [0.05, 0.1) is 0 Å². The number of rotatable bonds is 8. The van der Waals surface area contributed by atoms with Crippen molar-refractivity contribution in [3.8, 4) is 0 Å². The molecule has 0 aromatic heterocycles. The van der Waals surface area contributed by atoms with Gasteiger partial charge in [-0.2, -0.15) is 0 Å². The first-order valence-corrected chi connectivity index (χ1v) is 7.11. The van der Waals surface area contributed by atoms with Crippen molar-refractivity contribution in [2.45, 2.75) is 58.3 Å². The minimum absolute atomic E-state index is 0.307. The van der Waals surface area contributed by atoms with Gasteiger partial charge in [0.25, 0.3) is 0 Å². The molecule has 3 heteroatoms. The molecule has 0 radical (unpaired) electrons. The molecule has 0 aromatic carbocycles. The van der Waals surface area contributed by atoms with Crippen LogP contribution in [0, 0.1) is 11.8 Å². The van der Waals surface area contributed by atoms with E-state index in [-0.39, 0.29) is 0 Å². The highest BCUT2D eigenvalue weighted by atomic mass is 16.4. The summed E-state index contributed by atoms with van der Waals surface area (Å²) in [5, 5.41) is 11.9. The van der Waals surface area contributed by atoms with Gasteiger partial charge in [0.1, 0.15) is 0 Å². The molecule has 0 heterocycles. The summed E-state index contributed by atoms with van der Waals surface area (Å²) in [6, 6.07) is 0. The monoisotopic (exact) mass is 241 g/mol. The lowest BCUT2D eigenvalue weighted by Crippen LogP contribution is -2.22. The van der Waals surface area contributed by atoms with Gasteiger partial charge in [-0.15, -0.1) is 0 Å². The van der Waals surface area contributed by atoms with E-state index in [1.54, 1.807) is 0 Å². The van der Waals surface area contributed by atoms with Gasteiger partial charge in [0.2, 0.25) is 0 Å². The van der Waals surface area contributed by atoms with Crippen LogP contribution in [0.15, 0.2) is 0 Å². The van der Waals surface area contributed by atoms with E-state index in [9.17, 15) is 4.79 Å². The Morgan fingerprint density at radius 1 is 1.29 bits per heavy atom. The maximum absolute atomic E-state index is 10.3. The van der Waals surface area contributed by atoms with Crippen molar-refractivity contribution in [3.63, 3.8) is 0 Å². The molecule has 17 heavy (non-hydrogen) atoms. The van der Waals surface area contributed by atoms with Crippen LogP contribution in [0.3, 0.4) is 0 Å². The van der Waals surface area contributed by atoms with Crippen LogP contribution in [0.5, 0.6) is 0 Å². The first-order valence-electron chi connectivity index (χ1n) is 7.11. The fourth-order valence-electron chi connectivity index (χ4n) is 2.78. The predicted octanol–water partition coefficient (Wildman–Crippen LogP) is 3.05. The molecule has 1 rings (SSSR count). The van der Waals surface area contributed by atoms with Gasteiger partial charge >= 0.3 is 5.97 Å². The summed E-state index contributed by atoms with van der Waals surface area (Å²) in [7, 11) is 0. The fourth-order valence-corrected chi connectivity index (χ4v) is 2.78. The summed E-state index contributed by atoms with van der Waals surface area (Å²) in [5.74, 6) is 1.16. The van der Waals surface area contributed by atoms with Crippen LogP contribution >= 0.6 is 0 Å². The molecule has 0 aromatic rings. The van der Waals surface area contributed by atoms with E-state index in [0.717, 1.165) is 37.8 Å². The lowest BCUT2D eigenvalue weighted by Gasteiger charge is -2.26. The van der Waals surface area contributed by atoms with E-state index < -0.39 is 5.97 Å². The number of hydrogen-bond donors (Lipinski definition) is 2. The number of carbonyl (C=O) groups is 1. The van der Waals surface area contributed by atoms with E-state index >= 15 is 0 Å². The van der Waals surface area contributed by atoms with E-state index in [1.165, 1.54) is 32.1 Å². The van der Waals surface area contributed by atoms with Gasteiger partial charge < -0.3 is 10.4 Å². The topological polar surface area (TPSA) is 49.3 Å². The largest absolute Gasteiger partial charge is 0.481 e. The number of unbranched alkanes of at least 4 members (excludes halogenated alkanes) is 1. The third-order valence-corrected chi connectivity index (χ3v) is 3.77. The van der Waals surface area contributed by atoms with Crippen molar-refractivity contribution in [2.75, 3.05) is 13.1 Å². The molecule has 1 aliphatic carbocycles. The fraction of sp³-hybridized carbons (Fsp3) is 0.929. The summed E-state index contributed by atoms with van der Waals surface area (Å²) >= 11 is 0. The van der Waals surface area contributed by atoms with Crippen molar-refractivity contribution < 1.29 is 9.90 Å². The molecule has 0 saturated heterocycles. The summed E-state index contributed by atoms with van der Waals surface area (Å²) in [5.41, 5.74) is 0. The zero-order valence-corrected chi connectivity index (χ0v) is 11.1. The van der Waals surface area contributed by atoms with Crippen LogP contribution in [-0.2, 0) is 4.79 Å². The standard InChI is InChI=1S/C14H27NO2/c1-12-5-4-6-13(11-12)8-10-15-9-3-2-7-14(16)17/h12-13,15H,2-11H2,1H3,(H,16,17). The number of carboxylic acid groups (broad SMARTS) is 1. The third kappa shape index (κ3) is 7.37. The van der Waals surface area contributed by atoms with Crippen LogP contribution in [0.25, 0.3) is 0 Å².